The lowest BCUT2D eigenvalue weighted by molar-refractivity contribution is 0.149. The van der Waals surface area contributed by atoms with Gasteiger partial charge in [-0.3, -0.25) is 9.13 Å². The van der Waals surface area contributed by atoms with Gasteiger partial charge in [0, 0.05) is 0 Å². The van der Waals surface area contributed by atoms with Crippen molar-refractivity contribution in [2.75, 3.05) is 0 Å². The van der Waals surface area contributed by atoms with Crippen molar-refractivity contribution < 1.29 is 27.2 Å². The van der Waals surface area contributed by atoms with E-state index < -0.39 is 15.2 Å². The molecule has 0 N–H and O–H groups in total. The summed E-state index contributed by atoms with van der Waals surface area (Å²) in [6.45, 7) is 20.5. The first-order valence-electron chi connectivity index (χ1n) is 10.6. The van der Waals surface area contributed by atoms with Crippen LogP contribution in [0.1, 0.15) is 81.7 Å². The third-order valence-electron chi connectivity index (χ3n) is 3.80. The number of rotatable bonds is 10. The van der Waals surface area contributed by atoms with Crippen LogP contribution in [0, 0.1) is 0 Å². The standard InChI is InChI=1S/C22H40O6P2/c1-15(2)25-29(23,26-16(3)4)20-12-19(22(9,10)11)13-21(14-20)30(24,27-17(5)6)28-18(7)8/h12-18H,1-11H3. The average molecular weight is 463 g/mol. The Morgan fingerprint density at radius 2 is 0.867 bits per heavy atom. The van der Waals surface area contributed by atoms with Crippen molar-refractivity contribution in [3.05, 3.63) is 23.8 Å². The van der Waals surface area contributed by atoms with Crippen LogP contribution < -0.4 is 10.6 Å². The molecule has 30 heavy (non-hydrogen) atoms. The molecule has 1 rings (SSSR count). The van der Waals surface area contributed by atoms with Crippen molar-refractivity contribution in [3.8, 4) is 0 Å². The molecule has 0 atom stereocenters. The van der Waals surface area contributed by atoms with Crippen LogP contribution in [-0.4, -0.2) is 24.4 Å². The maximum absolute atomic E-state index is 13.8. The van der Waals surface area contributed by atoms with Crippen molar-refractivity contribution in [2.24, 2.45) is 0 Å². The van der Waals surface area contributed by atoms with Gasteiger partial charge in [0.25, 0.3) is 0 Å². The molecule has 6 nitrogen and oxygen atoms in total. The van der Waals surface area contributed by atoms with Crippen molar-refractivity contribution in [1.82, 2.24) is 0 Å². The Bertz CT molecular complexity index is 709. The molecule has 0 heterocycles. The lowest BCUT2D eigenvalue weighted by atomic mass is 9.87. The SMILES string of the molecule is CC(C)OP(=O)(OC(C)C)c1cc(C(C)(C)C)cc(P(=O)(OC(C)C)OC(C)C)c1. The minimum atomic E-state index is -3.68. The molecule has 174 valence electrons. The summed E-state index contributed by atoms with van der Waals surface area (Å²) >= 11 is 0. The maximum atomic E-state index is 13.8. The Morgan fingerprint density at radius 3 is 1.07 bits per heavy atom. The summed E-state index contributed by atoms with van der Waals surface area (Å²) in [5, 5.41) is 0.708. The first-order valence-corrected chi connectivity index (χ1v) is 13.7. The second kappa shape index (κ2) is 10.4. The molecule has 1 aromatic carbocycles. The molecule has 0 aliphatic carbocycles. The highest BCUT2D eigenvalue weighted by Gasteiger charge is 2.37. The fourth-order valence-corrected chi connectivity index (χ4v) is 6.84. The third kappa shape index (κ3) is 7.89. The Hall–Kier alpha value is -0.480. The minimum absolute atomic E-state index is 0.300. The average Bonchev–Trinajstić information content (AvgIpc) is 2.50. The zero-order valence-corrected chi connectivity index (χ0v) is 22.2. The van der Waals surface area contributed by atoms with Crippen LogP contribution in [0.15, 0.2) is 18.2 Å². The van der Waals surface area contributed by atoms with Crippen molar-refractivity contribution >= 4 is 25.8 Å². The van der Waals surface area contributed by atoms with Crippen LogP contribution in [0.4, 0.5) is 0 Å². The van der Waals surface area contributed by atoms with Gasteiger partial charge in [-0.25, -0.2) is 0 Å². The normalized spacial score (nSPS) is 13.8. The zero-order valence-electron chi connectivity index (χ0n) is 20.4. The third-order valence-corrected chi connectivity index (χ3v) is 8.38. The van der Waals surface area contributed by atoms with Crippen LogP contribution in [0.25, 0.3) is 0 Å². The van der Waals surface area contributed by atoms with Gasteiger partial charge in [-0.1, -0.05) is 20.8 Å². The van der Waals surface area contributed by atoms with Crippen molar-refractivity contribution in [1.29, 1.82) is 0 Å². The Balaban J connectivity index is 3.81. The van der Waals surface area contributed by atoms with Crippen LogP contribution in [0.3, 0.4) is 0 Å². The molecule has 8 heteroatoms. The molecule has 0 unspecified atom stereocenters. The van der Waals surface area contributed by atoms with E-state index in [2.05, 4.69) is 0 Å². The fraction of sp³-hybridized carbons (Fsp3) is 0.727. The van der Waals surface area contributed by atoms with Gasteiger partial charge in [0.05, 0.1) is 35.0 Å². The van der Waals surface area contributed by atoms with E-state index in [1.54, 1.807) is 61.5 Å². The smallest absolute Gasteiger partial charge is 0.302 e. The summed E-state index contributed by atoms with van der Waals surface area (Å²) in [5.74, 6) is 0. The van der Waals surface area contributed by atoms with Crippen LogP contribution in [0.2, 0.25) is 0 Å². The largest absolute Gasteiger partial charge is 0.361 e. The molecule has 0 fully saturated rings. The predicted octanol–water partition coefficient (Wildman–Crippen LogP) is 6.32. The molecule has 0 amide bonds. The molecule has 0 bridgehead atoms. The van der Waals surface area contributed by atoms with E-state index in [1.165, 1.54) is 0 Å². The quantitative estimate of drug-likeness (QED) is 0.379. The second-order valence-electron chi connectivity index (χ2n) is 9.60. The Kier molecular flexibility index (Phi) is 9.57. The first-order chi connectivity index (χ1) is 13.5. The van der Waals surface area contributed by atoms with Crippen LogP contribution in [-0.2, 0) is 32.6 Å². The highest BCUT2D eigenvalue weighted by Crippen LogP contribution is 2.53. The molecule has 1 aromatic rings. The summed E-state index contributed by atoms with van der Waals surface area (Å²) in [6.07, 6.45) is -1.27. The van der Waals surface area contributed by atoms with Crippen molar-refractivity contribution in [3.63, 3.8) is 0 Å². The molecule has 0 aliphatic heterocycles. The van der Waals surface area contributed by atoms with E-state index >= 15 is 0 Å². The van der Waals surface area contributed by atoms with Gasteiger partial charge < -0.3 is 18.1 Å². The van der Waals surface area contributed by atoms with Gasteiger partial charge in [-0.2, -0.15) is 0 Å². The molecule has 0 radical (unpaired) electrons. The molecule has 0 saturated heterocycles. The van der Waals surface area contributed by atoms with Gasteiger partial charge in [0.15, 0.2) is 0 Å². The van der Waals surface area contributed by atoms with Gasteiger partial charge in [-0.15, -0.1) is 0 Å². The minimum Gasteiger partial charge on any atom is -0.302 e. The first kappa shape index (κ1) is 27.6. The topological polar surface area (TPSA) is 71.1 Å². The summed E-state index contributed by atoms with van der Waals surface area (Å²) < 4.78 is 50.8. The molecule has 0 saturated carbocycles. The van der Waals surface area contributed by atoms with Crippen molar-refractivity contribution in [2.45, 2.75) is 106 Å². The lowest BCUT2D eigenvalue weighted by Crippen LogP contribution is -2.26. The van der Waals surface area contributed by atoms with Gasteiger partial charge in [-0.05, 0) is 84.6 Å². The van der Waals surface area contributed by atoms with E-state index in [0.717, 1.165) is 5.56 Å². The summed E-state index contributed by atoms with van der Waals surface area (Å²) in [7, 11) is -7.36. The highest BCUT2D eigenvalue weighted by molar-refractivity contribution is 7.63. The Labute approximate surface area is 183 Å². The second-order valence-corrected chi connectivity index (χ2v) is 13.5. The van der Waals surface area contributed by atoms with Crippen LogP contribution >= 0.6 is 15.2 Å². The number of hydrogen-bond acceptors (Lipinski definition) is 6. The molecular formula is C22H40O6P2. The van der Waals surface area contributed by atoms with Crippen LogP contribution in [0.5, 0.6) is 0 Å². The Morgan fingerprint density at radius 1 is 0.600 bits per heavy atom. The van der Waals surface area contributed by atoms with E-state index in [9.17, 15) is 9.13 Å². The predicted molar refractivity (Wildman–Crippen MR) is 125 cm³/mol. The molecule has 0 spiro atoms. The van der Waals surface area contributed by atoms with E-state index in [-0.39, 0.29) is 29.8 Å². The van der Waals surface area contributed by atoms with E-state index in [0.29, 0.717) is 10.6 Å². The van der Waals surface area contributed by atoms with E-state index in [1.807, 2.05) is 32.9 Å². The van der Waals surface area contributed by atoms with Gasteiger partial charge in [0.1, 0.15) is 0 Å². The van der Waals surface area contributed by atoms with E-state index in [4.69, 9.17) is 18.1 Å². The fourth-order valence-electron chi connectivity index (χ4n) is 2.75. The summed E-state index contributed by atoms with van der Waals surface area (Å²) in [5.41, 5.74) is 0.543. The number of benzene rings is 1. The monoisotopic (exact) mass is 462 g/mol. The molecular weight excluding hydrogens is 422 g/mol. The summed E-state index contributed by atoms with van der Waals surface area (Å²) in [6, 6.07) is 5.21. The lowest BCUT2D eigenvalue weighted by Gasteiger charge is -2.29. The molecule has 0 aromatic heterocycles. The maximum Gasteiger partial charge on any atom is 0.361 e. The van der Waals surface area contributed by atoms with Gasteiger partial charge in [0.2, 0.25) is 0 Å². The zero-order chi connectivity index (χ0) is 23.5. The summed E-state index contributed by atoms with van der Waals surface area (Å²) in [4.78, 5) is 0. The number of hydrogen-bond donors (Lipinski definition) is 0. The highest BCUT2D eigenvalue weighted by atomic mass is 31.2. The van der Waals surface area contributed by atoms with Gasteiger partial charge >= 0.3 is 15.2 Å². The molecule has 0 aliphatic rings.